The highest BCUT2D eigenvalue weighted by atomic mass is 19.1. The summed E-state index contributed by atoms with van der Waals surface area (Å²) in [6.07, 6.45) is 0. The number of halogens is 1. The first-order chi connectivity index (χ1) is 9.47. The summed E-state index contributed by atoms with van der Waals surface area (Å²) in [4.78, 5) is 14.0. The van der Waals surface area contributed by atoms with Gasteiger partial charge in [-0.2, -0.15) is 0 Å². The van der Waals surface area contributed by atoms with Crippen LogP contribution in [0.25, 0.3) is 0 Å². The standard InChI is InChI=1S/C16H17FN2O/c1-11-4-7-13(10-15(11)17)18-16(20)12-5-8-14(9-6-12)19(2)3/h4-10H,1-3H3,(H,18,20). The van der Waals surface area contributed by atoms with Gasteiger partial charge < -0.3 is 10.2 Å². The van der Waals surface area contributed by atoms with Gasteiger partial charge in [0, 0.05) is 31.0 Å². The van der Waals surface area contributed by atoms with Crippen molar-refractivity contribution in [3.05, 3.63) is 59.4 Å². The summed E-state index contributed by atoms with van der Waals surface area (Å²) in [5, 5.41) is 2.68. The molecule has 2 rings (SSSR count). The molecule has 0 saturated carbocycles. The summed E-state index contributed by atoms with van der Waals surface area (Å²) in [5.74, 6) is -0.579. The van der Waals surface area contributed by atoms with Crippen LogP contribution in [-0.2, 0) is 0 Å². The molecule has 0 unspecified atom stereocenters. The van der Waals surface area contributed by atoms with Gasteiger partial charge in [-0.15, -0.1) is 0 Å². The van der Waals surface area contributed by atoms with Crippen LogP contribution in [0.1, 0.15) is 15.9 Å². The predicted molar refractivity (Wildman–Crippen MR) is 79.9 cm³/mol. The SMILES string of the molecule is Cc1ccc(NC(=O)c2ccc(N(C)C)cc2)cc1F. The van der Waals surface area contributed by atoms with Crippen LogP contribution >= 0.6 is 0 Å². The van der Waals surface area contributed by atoms with Crippen molar-refractivity contribution in [1.82, 2.24) is 0 Å². The highest BCUT2D eigenvalue weighted by molar-refractivity contribution is 6.04. The number of hydrogen-bond donors (Lipinski definition) is 1. The Morgan fingerprint density at radius 3 is 2.30 bits per heavy atom. The van der Waals surface area contributed by atoms with Crippen LogP contribution in [0.4, 0.5) is 15.8 Å². The molecule has 0 heterocycles. The van der Waals surface area contributed by atoms with E-state index in [1.807, 2.05) is 31.1 Å². The molecule has 0 aliphatic heterocycles. The van der Waals surface area contributed by atoms with Gasteiger partial charge in [0.2, 0.25) is 0 Å². The molecule has 0 fully saturated rings. The van der Waals surface area contributed by atoms with E-state index in [1.165, 1.54) is 6.07 Å². The third-order valence-electron chi connectivity index (χ3n) is 3.08. The molecular weight excluding hydrogens is 255 g/mol. The Morgan fingerprint density at radius 2 is 1.75 bits per heavy atom. The van der Waals surface area contributed by atoms with E-state index in [-0.39, 0.29) is 11.7 Å². The molecule has 0 saturated heterocycles. The van der Waals surface area contributed by atoms with E-state index in [0.717, 1.165) is 5.69 Å². The number of amides is 1. The fraction of sp³-hybridized carbons (Fsp3) is 0.188. The molecule has 0 aliphatic carbocycles. The second-order valence-electron chi connectivity index (χ2n) is 4.86. The van der Waals surface area contributed by atoms with Gasteiger partial charge in [0.05, 0.1) is 0 Å². The van der Waals surface area contributed by atoms with Crippen LogP contribution in [0, 0.1) is 12.7 Å². The Bertz CT molecular complexity index is 621. The number of rotatable bonds is 3. The van der Waals surface area contributed by atoms with Crippen molar-refractivity contribution < 1.29 is 9.18 Å². The van der Waals surface area contributed by atoms with Crippen molar-refractivity contribution in [2.75, 3.05) is 24.3 Å². The van der Waals surface area contributed by atoms with Gasteiger partial charge in [0.1, 0.15) is 5.82 Å². The molecule has 2 aromatic rings. The van der Waals surface area contributed by atoms with Crippen LogP contribution < -0.4 is 10.2 Å². The van der Waals surface area contributed by atoms with E-state index in [2.05, 4.69) is 5.32 Å². The third kappa shape index (κ3) is 3.15. The van der Waals surface area contributed by atoms with Crippen LogP contribution in [0.15, 0.2) is 42.5 Å². The monoisotopic (exact) mass is 272 g/mol. The fourth-order valence-corrected chi connectivity index (χ4v) is 1.78. The number of carbonyl (C=O) groups excluding carboxylic acids is 1. The molecule has 104 valence electrons. The maximum Gasteiger partial charge on any atom is 0.255 e. The van der Waals surface area contributed by atoms with Crippen LogP contribution in [0.2, 0.25) is 0 Å². The first kappa shape index (κ1) is 14.1. The lowest BCUT2D eigenvalue weighted by Gasteiger charge is -2.12. The predicted octanol–water partition coefficient (Wildman–Crippen LogP) is 3.45. The Labute approximate surface area is 118 Å². The summed E-state index contributed by atoms with van der Waals surface area (Å²) in [5.41, 5.74) is 2.56. The van der Waals surface area contributed by atoms with Crippen LogP contribution in [0.3, 0.4) is 0 Å². The maximum atomic E-state index is 13.4. The number of anilines is 2. The lowest BCUT2D eigenvalue weighted by atomic mass is 10.1. The first-order valence-electron chi connectivity index (χ1n) is 6.32. The quantitative estimate of drug-likeness (QED) is 0.928. The molecular formula is C16H17FN2O. The van der Waals surface area contributed by atoms with Gasteiger partial charge in [0.25, 0.3) is 5.91 Å². The van der Waals surface area contributed by atoms with E-state index in [1.54, 1.807) is 31.2 Å². The lowest BCUT2D eigenvalue weighted by molar-refractivity contribution is 0.102. The van der Waals surface area contributed by atoms with Crippen molar-refractivity contribution in [2.45, 2.75) is 6.92 Å². The zero-order chi connectivity index (χ0) is 14.7. The first-order valence-corrected chi connectivity index (χ1v) is 6.32. The molecule has 2 aromatic carbocycles. The van der Waals surface area contributed by atoms with E-state index in [9.17, 15) is 9.18 Å². The zero-order valence-electron chi connectivity index (χ0n) is 11.8. The normalized spacial score (nSPS) is 10.2. The molecule has 0 bridgehead atoms. The molecule has 1 amide bonds. The summed E-state index contributed by atoms with van der Waals surface area (Å²) in [6.45, 7) is 1.68. The fourth-order valence-electron chi connectivity index (χ4n) is 1.78. The number of carbonyl (C=O) groups is 1. The highest BCUT2D eigenvalue weighted by Gasteiger charge is 2.07. The van der Waals surface area contributed by atoms with Gasteiger partial charge in [-0.3, -0.25) is 4.79 Å². The van der Waals surface area contributed by atoms with E-state index < -0.39 is 0 Å². The zero-order valence-corrected chi connectivity index (χ0v) is 11.8. The van der Waals surface area contributed by atoms with Gasteiger partial charge in [-0.25, -0.2) is 4.39 Å². The number of benzene rings is 2. The summed E-state index contributed by atoms with van der Waals surface area (Å²) >= 11 is 0. The average molecular weight is 272 g/mol. The Balaban J connectivity index is 2.13. The number of nitrogens with zero attached hydrogens (tertiary/aromatic N) is 1. The molecule has 0 spiro atoms. The Kier molecular flexibility index (Phi) is 4.03. The van der Waals surface area contributed by atoms with Gasteiger partial charge in [0.15, 0.2) is 0 Å². The molecule has 3 nitrogen and oxygen atoms in total. The van der Waals surface area contributed by atoms with E-state index in [0.29, 0.717) is 16.8 Å². The Hall–Kier alpha value is -2.36. The van der Waals surface area contributed by atoms with Crippen LogP contribution in [0.5, 0.6) is 0 Å². The summed E-state index contributed by atoms with van der Waals surface area (Å²) in [6, 6.07) is 11.9. The summed E-state index contributed by atoms with van der Waals surface area (Å²) < 4.78 is 13.4. The second-order valence-corrected chi connectivity index (χ2v) is 4.86. The third-order valence-corrected chi connectivity index (χ3v) is 3.08. The maximum absolute atomic E-state index is 13.4. The number of aryl methyl sites for hydroxylation is 1. The minimum absolute atomic E-state index is 0.251. The topological polar surface area (TPSA) is 32.3 Å². The minimum Gasteiger partial charge on any atom is -0.378 e. The molecule has 0 aromatic heterocycles. The summed E-state index contributed by atoms with van der Waals surface area (Å²) in [7, 11) is 3.87. The largest absolute Gasteiger partial charge is 0.378 e. The molecule has 0 atom stereocenters. The minimum atomic E-state index is -0.328. The van der Waals surface area contributed by atoms with Gasteiger partial charge in [-0.1, -0.05) is 6.07 Å². The molecule has 0 radical (unpaired) electrons. The lowest BCUT2D eigenvalue weighted by Crippen LogP contribution is -2.13. The molecule has 1 N–H and O–H groups in total. The highest BCUT2D eigenvalue weighted by Crippen LogP contribution is 2.16. The smallest absolute Gasteiger partial charge is 0.255 e. The van der Waals surface area contributed by atoms with Crippen molar-refractivity contribution in [3.8, 4) is 0 Å². The van der Waals surface area contributed by atoms with Crippen molar-refractivity contribution >= 4 is 17.3 Å². The molecule has 20 heavy (non-hydrogen) atoms. The van der Waals surface area contributed by atoms with Crippen LogP contribution in [-0.4, -0.2) is 20.0 Å². The van der Waals surface area contributed by atoms with Gasteiger partial charge in [-0.05, 0) is 48.9 Å². The van der Waals surface area contributed by atoms with E-state index in [4.69, 9.17) is 0 Å². The van der Waals surface area contributed by atoms with Crippen molar-refractivity contribution in [3.63, 3.8) is 0 Å². The second kappa shape index (κ2) is 5.74. The van der Waals surface area contributed by atoms with Crippen molar-refractivity contribution in [1.29, 1.82) is 0 Å². The molecule has 4 heteroatoms. The Morgan fingerprint density at radius 1 is 1.10 bits per heavy atom. The average Bonchev–Trinajstić information content (AvgIpc) is 2.43. The number of nitrogens with one attached hydrogen (secondary N) is 1. The van der Waals surface area contributed by atoms with E-state index >= 15 is 0 Å². The molecule has 0 aliphatic rings. The number of hydrogen-bond acceptors (Lipinski definition) is 2. The van der Waals surface area contributed by atoms with Gasteiger partial charge >= 0.3 is 0 Å². The van der Waals surface area contributed by atoms with Crippen molar-refractivity contribution in [2.24, 2.45) is 0 Å².